The summed E-state index contributed by atoms with van der Waals surface area (Å²) in [6.07, 6.45) is 3.71. The van der Waals surface area contributed by atoms with E-state index in [2.05, 4.69) is 5.32 Å². The molecule has 144 valence electrons. The topological polar surface area (TPSA) is 61.7 Å². The molecule has 1 aromatic heterocycles. The van der Waals surface area contributed by atoms with Crippen LogP contribution in [-0.2, 0) is 0 Å². The summed E-state index contributed by atoms with van der Waals surface area (Å²) in [6, 6.07) is 10.3. The zero-order valence-corrected chi connectivity index (χ0v) is 16.4. The van der Waals surface area contributed by atoms with Gasteiger partial charge in [0.1, 0.15) is 19.0 Å². The van der Waals surface area contributed by atoms with Gasteiger partial charge in [0.15, 0.2) is 11.5 Å². The molecule has 8 heteroatoms. The Hall–Kier alpha value is -2.83. The molecule has 0 aliphatic carbocycles. The lowest BCUT2D eigenvalue weighted by Gasteiger charge is -2.20. The van der Waals surface area contributed by atoms with Crippen LogP contribution in [0.2, 0.25) is 10.0 Å². The maximum absolute atomic E-state index is 12.9. The number of nitrogens with one attached hydrogen (secondary N) is 1. The Balaban J connectivity index is 1.66. The number of fused-ring (bicyclic) bond motifs is 1. The van der Waals surface area contributed by atoms with Crippen LogP contribution in [0.25, 0.3) is 5.69 Å². The first-order valence-corrected chi connectivity index (χ1v) is 9.24. The van der Waals surface area contributed by atoms with Crippen molar-refractivity contribution >= 4 is 34.8 Å². The van der Waals surface area contributed by atoms with E-state index in [-0.39, 0.29) is 5.56 Å². The molecule has 1 amide bonds. The molecule has 1 aliphatic heterocycles. The highest BCUT2D eigenvalue weighted by Crippen LogP contribution is 2.38. The SMILES string of the molecule is COc1cc(-n2cccc2)c(Cl)cc1C(=O)Nc1cc2c(cc1Cl)OCCO2. The average molecular weight is 419 g/mol. The highest BCUT2D eigenvalue weighted by Gasteiger charge is 2.20. The lowest BCUT2D eigenvalue weighted by atomic mass is 10.1. The predicted octanol–water partition coefficient (Wildman–Crippen LogP) is 4.82. The number of carbonyl (C=O) groups is 1. The summed E-state index contributed by atoms with van der Waals surface area (Å²) in [6.45, 7) is 0.894. The van der Waals surface area contributed by atoms with Gasteiger partial charge in [0.2, 0.25) is 0 Å². The summed E-state index contributed by atoms with van der Waals surface area (Å²) in [5, 5.41) is 3.53. The molecule has 0 unspecified atom stereocenters. The fourth-order valence-electron chi connectivity index (χ4n) is 2.93. The molecule has 0 saturated carbocycles. The molecule has 3 aromatic rings. The fourth-order valence-corrected chi connectivity index (χ4v) is 3.39. The van der Waals surface area contributed by atoms with Gasteiger partial charge < -0.3 is 24.1 Å². The van der Waals surface area contributed by atoms with E-state index in [0.717, 1.165) is 0 Å². The summed E-state index contributed by atoms with van der Waals surface area (Å²) in [5.74, 6) is 1.06. The smallest absolute Gasteiger partial charge is 0.259 e. The number of aromatic nitrogens is 1. The molecule has 0 spiro atoms. The highest BCUT2D eigenvalue weighted by atomic mass is 35.5. The van der Waals surface area contributed by atoms with Crippen molar-refractivity contribution in [1.82, 2.24) is 4.57 Å². The zero-order chi connectivity index (χ0) is 19.7. The van der Waals surface area contributed by atoms with Gasteiger partial charge in [-0.2, -0.15) is 0 Å². The van der Waals surface area contributed by atoms with Crippen molar-refractivity contribution in [2.75, 3.05) is 25.6 Å². The molecule has 0 atom stereocenters. The standard InChI is InChI=1S/C20H16Cl2N2O4/c1-26-17-11-16(24-4-2-3-5-24)14(22)8-12(17)20(25)23-15-10-19-18(9-13(15)21)27-6-7-28-19/h2-5,8-11H,6-7H2,1H3,(H,23,25). The van der Waals surface area contributed by atoms with Crippen molar-refractivity contribution in [2.45, 2.75) is 0 Å². The number of methoxy groups -OCH3 is 1. The monoisotopic (exact) mass is 418 g/mol. The fraction of sp³-hybridized carbons (Fsp3) is 0.150. The van der Waals surface area contributed by atoms with Crippen LogP contribution in [0.1, 0.15) is 10.4 Å². The van der Waals surface area contributed by atoms with Crippen molar-refractivity contribution in [2.24, 2.45) is 0 Å². The number of halogens is 2. The van der Waals surface area contributed by atoms with E-state index in [1.807, 2.05) is 29.1 Å². The third-order valence-electron chi connectivity index (χ3n) is 4.28. The first-order valence-electron chi connectivity index (χ1n) is 8.48. The lowest BCUT2D eigenvalue weighted by molar-refractivity contribution is 0.102. The van der Waals surface area contributed by atoms with E-state index in [4.69, 9.17) is 37.4 Å². The molecule has 1 N–H and O–H groups in total. The third kappa shape index (κ3) is 3.48. The van der Waals surface area contributed by atoms with Crippen molar-refractivity contribution in [1.29, 1.82) is 0 Å². The Kier molecular flexibility index (Phi) is 5.07. The molecule has 1 aliphatic rings. The van der Waals surface area contributed by atoms with E-state index in [1.165, 1.54) is 7.11 Å². The van der Waals surface area contributed by atoms with E-state index in [1.54, 1.807) is 24.3 Å². The zero-order valence-electron chi connectivity index (χ0n) is 14.9. The van der Waals surface area contributed by atoms with Crippen molar-refractivity contribution < 1.29 is 19.0 Å². The van der Waals surface area contributed by atoms with E-state index in [0.29, 0.717) is 51.9 Å². The minimum Gasteiger partial charge on any atom is -0.496 e. The van der Waals surface area contributed by atoms with Gasteiger partial charge in [-0.3, -0.25) is 4.79 Å². The number of amides is 1. The van der Waals surface area contributed by atoms with Gasteiger partial charge >= 0.3 is 0 Å². The molecule has 6 nitrogen and oxygen atoms in total. The Labute approximate surface area is 171 Å². The molecule has 2 aromatic carbocycles. The van der Waals surface area contributed by atoms with Crippen LogP contribution in [0.3, 0.4) is 0 Å². The number of nitrogens with zero attached hydrogens (tertiary/aromatic N) is 1. The molecular weight excluding hydrogens is 403 g/mol. The normalized spacial score (nSPS) is 12.5. The first kappa shape index (κ1) is 18.5. The van der Waals surface area contributed by atoms with Crippen molar-refractivity contribution in [3.63, 3.8) is 0 Å². The second-order valence-corrected chi connectivity index (χ2v) is 6.84. The van der Waals surface area contributed by atoms with Crippen LogP contribution in [0.4, 0.5) is 5.69 Å². The summed E-state index contributed by atoms with van der Waals surface area (Å²) in [7, 11) is 1.50. The molecule has 2 heterocycles. The van der Waals surface area contributed by atoms with Crippen LogP contribution in [0, 0.1) is 0 Å². The Morgan fingerprint density at radius 2 is 1.71 bits per heavy atom. The quantitative estimate of drug-likeness (QED) is 0.659. The minimum atomic E-state index is -0.406. The summed E-state index contributed by atoms with van der Waals surface area (Å²) in [5.41, 5.74) is 1.40. The average Bonchev–Trinajstić information content (AvgIpc) is 3.22. The Bertz CT molecular complexity index is 1040. The maximum atomic E-state index is 12.9. The van der Waals surface area contributed by atoms with E-state index >= 15 is 0 Å². The molecule has 28 heavy (non-hydrogen) atoms. The third-order valence-corrected chi connectivity index (χ3v) is 4.89. The highest BCUT2D eigenvalue weighted by molar-refractivity contribution is 6.34. The van der Waals surface area contributed by atoms with Crippen molar-refractivity contribution in [3.05, 3.63) is 64.4 Å². The van der Waals surface area contributed by atoms with Gasteiger partial charge in [0.05, 0.1) is 34.1 Å². The number of ether oxygens (including phenoxy) is 3. The largest absolute Gasteiger partial charge is 0.496 e. The summed E-state index contributed by atoms with van der Waals surface area (Å²) < 4.78 is 18.3. The van der Waals surface area contributed by atoms with Crippen molar-refractivity contribution in [3.8, 4) is 22.9 Å². The number of hydrogen-bond acceptors (Lipinski definition) is 4. The first-order chi connectivity index (χ1) is 13.6. The van der Waals surface area contributed by atoms with Gasteiger partial charge in [0, 0.05) is 30.6 Å². The molecule has 4 rings (SSSR count). The van der Waals surface area contributed by atoms with Gasteiger partial charge in [-0.15, -0.1) is 0 Å². The second kappa shape index (κ2) is 7.66. The minimum absolute atomic E-state index is 0.286. The van der Waals surface area contributed by atoms with E-state index < -0.39 is 5.91 Å². The van der Waals surface area contributed by atoms with Gasteiger partial charge in [-0.25, -0.2) is 0 Å². The number of benzene rings is 2. The van der Waals surface area contributed by atoms with E-state index in [9.17, 15) is 4.79 Å². The van der Waals surface area contributed by atoms with Gasteiger partial charge in [-0.05, 0) is 18.2 Å². The Morgan fingerprint density at radius 3 is 2.39 bits per heavy atom. The molecule has 0 bridgehead atoms. The summed E-state index contributed by atoms with van der Waals surface area (Å²) >= 11 is 12.7. The van der Waals surface area contributed by atoms with Crippen LogP contribution in [0.5, 0.6) is 17.2 Å². The molecular formula is C20H16Cl2N2O4. The van der Waals surface area contributed by atoms with Crippen LogP contribution >= 0.6 is 23.2 Å². The second-order valence-electron chi connectivity index (χ2n) is 6.02. The Morgan fingerprint density at radius 1 is 1.04 bits per heavy atom. The van der Waals surface area contributed by atoms with Gasteiger partial charge in [0.25, 0.3) is 5.91 Å². The maximum Gasteiger partial charge on any atom is 0.259 e. The molecule has 0 fully saturated rings. The van der Waals surface area contributed by atoms with Crippen LogP contribution in [-0.4, -0.2) is 30.8 Å². The van der Waals surface area contributed by atoms with Crippen LogP contribution in [0.15, 0.2) is 48.8 Å². The molecule has 0 saturated heterocycles. The van der Waals surface area contributed by atoms with Crippen LogP contribution < -0.4 is 19.5 Å². The number of anilines is 1. The summed E-state index contributed by atoms with van der Waals surface area (Å²) in [4.78, 5) is 12.9. The lowest BCUT2D eigenvalue weighted by Crippen LogP contribution is -2.17. The predicted molar refractivity (Wildman–Crippen MR) is 108 cm³/mol. The number of hydrogen-bond donors (Lipinski definition) is 1. The molecule has 0 radical (unpaired) electrons. The van der Waals surface area contributed by atoms with Gasteiger partial charge in [-0.1, -0.05) is 23.2 Å². The number of rotatable bonds is 4. The number of carbonyl (C=O) groups excluding carboxylic acids is 1.